The fourth-order valence-corrected chi connectivity index (χ4v) is 4.06. The van der Waals surface area contributed by atoms with Crippen LogP contribution in [0.2, 0.25) is 0 Å². The van der Waals surface area contributed by atoms with Crippen LogP contribution in [-0.2, 0) is 11.2 Å². The number of benzene rings is 2. The Labute approximate surface area is 226 Å². The molecule has 10 nitrogen and oxygen atoms in total. The zero-order valence-corrected chi connectivity index (χ0v) is 22.5. The minimum Gasteiger partial charge on any atom is -0.494 e. The van der Waals surface area contributed by atoms with Gasteiger partial charge >= 0.3 is 6.01 Å². The molecule has 11 heteroatoms. The predicted molar refractivity (Wildman–Crippen MR) is 149 cm³/mol. The van der Waals surface area contributed by atoms with E-state index in [0.29, 0.717) is 30.1 Å². The van der Waals surface area contributed by atoms with Crippen LogP contribution in [0.3, 0.4) is 0 Å². The van der Waals surface area contributed by atoms with Crippen LogP contribution in [0.4, 0.5) is 21.7 Å². The maximum absolute atomic E-state index is 14.5. The van der Waals surface area contributed by atoms with Gasteiger partial charge in [-0.3, -0.25) is 9.89 Å². The van der Waals surface area contributed by atoms with E-state index in [1.165, 1.54) is 0 Å². The summed E-state index contributed by atoms with van der Waals surface area (Å²) in [5, 5.41) is 13.6. The molecule has 0 spiro atoms. The van der Waals surface area contributed by atoms with E-state index in [1.54, 1.807) is 18.2 Å². The van der Waals surface area contributed by atoms with E-state index in [1.807, 2.05) is 31.2 Å². The van der Waals surface area contributed by atoms with Gasteiger partial charge in [0.2, 0.25) is 5.91 Å². The first kappa shape index (κ1) is 27.8. The monoisotopic (exact) mass is 535 g/mol. The van der Waals surface area contributed by atoms with E-state index >= 15 is 0 Å². The van der Waals surface area contributed by atoms with Crippen LogP contribution >= 0.6 is 0 Å². The normalized spacial score (nSPS) is 11.1. The molecule has 0 aliphatic heterocycles. The smallest absolute Gasteiger partial charge is 0.318 e. The van der Waals surface area contributed by atoms with Gasteiger partial charge in [0.15, 0.2) is 17.5 Å². The number of H-pyrrole nitrogens is 1. The van der Waals surface area contributed by atoms with Gasteiger partial charge in [-0.25, -0.2) is 9.37 Å². The van der Waals surface area contributed by atoms with E-state index < -0.39 is 5.82 Å². The largest absolute Gasteiger partial charge is 0.494 e. The molecular formula is C28H34FN7O3. The second-order valence-corrected chi connectivity index (χ2v) is 8.84. The lowest BCUT2D eigenvalue weighted by Crippen LogP contribution is -2.25. The Morgan fingerprint density at radius 3 is 2.59 bits per heavy atom. The Bertz CT molecular complexity index is 1370. The van der Waals surface area contributed by atoms with Crippen LogP contribution in [0.15, 0.2) is 48.7 Å². The van der Waals surface area contributed by atoms with Crippen LogP contribution in [0.1, 0.15) is 32.8 Å². The Morgan fingerprint density at radius 2 is 1.85 bits per heavy atom. The minimum absolute atomic E-state index is 0.00678. The van der Waals surface area contributed by atoms with Crippen LogP contribution in [0, 0.1) is 5.82 Å². The molecule has 4 aromatic rings. The first-order valence-corrected chi connectivity index (χ1v) is 13.1. The fraction of sp³-hybridized carbons (Fsp3) is 0.357. The summed E-state index contributed by atoms with van der Waals surface area (Å²) in [5.74, 6) is 0.309. The quantitative estimate of drug-likeness (QED) is 0.195. The van der Waals surface area contributed by atoms with Gasteiger partial charge in [-0.05, 0) is 62.3 Å². The number of aromatic amines is 1. The number of hydrogen-bond acceptors (Lipinski definition) is 8. The van der Waals surface area contributed by atoms with Gasteiger partial charge in [0.25, 0.3) is 0 Å². The van der Waals surface area contributed by atoms with Crippen molar-refractivity contribution in [2.45, 2.75) is 33.6 Å². The topological polar surface area (TPSA) is 117 Å². The lowest BCUT2D eigenvalue weighted by Gasteiger charge is -2.17. The molecule has 4 rings (SSSR count). The number of hydrogen-bond donors (Lipinski definition) is 3. The third-order valence-corrected chi connectivity index (χ3v) is 6.15. The molecule has 0 bridgehead atoms. The molecule has 0 saturated heterocycles. The second kappa shape index (κ2) is 13.5. The highest BCUT2D eigenvalue weighted by Gasteiger charge is 2.13. The van der Waals surface area contributed by atoms with Crippen molar-refractivity contribution in [1.29, 1.82) is 0 Å². The van der Waals surface area contributed by atoms with Crippen molar-refractivity contribution in [3.8, 4) is 11.8 Å². The maximum Gasteiger partial charge on any atom is 0.318 e. The average molecular weight is 536 g/mol. The summed E-state index contributed by atoms with van der Waals surface area (Å²) in [6, 6.07) is 12.8. The van der Waals surface area contributed by atoms with Crippen molar-refractivity contribution < 1.29 is 18.7 Å². The first-order valence-electron chi connectivity index (χ1n) is 13.1. The van der Waals surface area contributed by atoms with Crippen molar-refractivity contribution in [2.75, 3.05) is 43.5 Å². The molecule has 2 aromatic heterocycles. The zero-order valence-electron chi connectivity index (χ0n) is 22.5. The third-order valence-electron chi connectivity index (χ3n) is 6.15. The second-order valence-electron chi connectivity index (χ2n) is 8.84. The molecule has 0 saturated carbocycles. The molecule has 0 aliphatic carbocycles. The third kappa shape index (κ3) is 7.64. The lowest BCUT2D eigenvalue weighted by molar-refractivity contribution is -0.115. The molecule has 206 valence electrons. The Kier molecular flexibility index (Phi) is 9.63. The molecule has 1 amide bonds. The lowest BCUT2D eigenvalue weighted by atomic mass is 10.1. The number of carbonyl (C=O) groups excluding carboxylic acids is 1. The van der Waals surface area contributed by atoms with E-state index in [2.05, 4.69) is 49.5 Å². The van der Waals surface area contributed by atoms with Gasteiger partial charge in [-0.2, -0.15) is 10.1 Å². The highest BCUT2D eigenvalue weighted by atomic mass is 19.1. The van der Waals surface area contributed by atoms with E-state index in [9.17, 15) is 9.18 Å². The summed E-state index contributed by atoms with van der Waals surface area (Å²) < 4.78 is 25.6. The van der Waals surface area contributed by atoms with Crippen LogP contribution in [0.25, 0.3) is 10.9 Å². The number of ether oxygens (including phenoxy) is 2. The molecule has 39 heavy (non-hydrogen) atoms. The van der Waals surface area contributed by atoms with Crippen molar-refractivity contribution >= 4 is 34.1 Å². The van der Waals surface area contributed by atoms with Crippen LogP contribution in [0.5, 0.6) is 11.8 Å². The maximum atomic E-state index is 14.5. The van der Waals surface area contributed by atoms with Crippen molar-refractivity contribution in [2.24, 2.45) is 0 Å². The molecule has 3 N–H and O–H groups in total. The van der Waals surface area contributed by atoms with Gasteiger partial charge in [0.05, 0.1) is 31.3 Å². The van der Waals surface area contributed by atoms with Gasteiger partial charge in [-0.1, -0.05) is 26.0 Å². The molecule has 0 aliphatic rings. The van der Waals surface area contributed by atoms with Gasteiger partial charge < -0.3 is 25.0 Å². The van der Waals surface area contributed by atoms with Gasteiger partial charge in [-0.15, -0.1) is 0 Å². The number of carbonyl (C=O) groups is 1. The summed E-state index contributed by atoms with van der Waals surface area (Å²) in [7, 11) is 0. The number of halogens is 1. The number of aromatic nitrogens is 4. The highest BCUT2D eigenvalue weighted by molar-refractivity contribution is 6.01. The Morgan fingerprint density at radius 1 is 1.05 bits per heavy atom. The van der Waals surface area contributed by atoms with Crippen LogP contribution in [-0.4, -0.2) is 63.8 Å². The first-order chi connectivity index (χ1) is 19.0. The number of anilines is 3. The zero-order chi connectivity index (χ0) is 27.6. The number of nitrogens with one attached hydrogen (secondary N) is 3. The van der Waals surface area contributed by atoms with E-state index in [-0.39, 0.29) is 24.2 Å². The van der Waals surface area contributed by atoms with Crippen molar-refractivity contribution in [3.63, 3.8) is 0 Å². The SMILES string of the molecule is CCOc1ccc(CC(=O)Nc2n[nH]c3ccc(Nc4nc(OCCCN(CC)CC)ncc4F)cc23)cc1. The molecule has 2 heterocycles. The molecule has 0 radical (unpaired) electrons. The number of amides is 1. The van der Waals surface area contributed by atoms with Crippen molar-refractivity contribution in [3.05, 3.63) is 60.0 Å². The Hall–Kier alpha value is -4.25. The Balaban J connectivity index is 1.40. The summed E-state index contributed by atoms with van der Waals surface area (Å²) in [6.07, 6.45) is 2.08. The summed E-state index contributed by atoms with van der Waals surface area (Å²) in [5.41, 5.74) is 2.14. The van der Waals surface area contributed by atoms with Crippen LogP contribution < -0.4 is 20.1 Å². The molecule has 0 unspecified atom stereocenters. The summed E-state index contributed by atoms with van der Waals surface area (Å²) in [4.78, 5) is 23.1. The van der Waals surface area contributed by atoms with E-state index in [4.69, 9.17) is 9.47 Å². The number of rotatable bonds is 14. The fourth-order valence-electron chi connectivity index (χ4n) is 4.06. The van der Waals surface area contributed by atoms with Gasteiger partial charge in [0.1, 0.15) is 5.75 Å². The standard InChI is InChI=1S/C28H34FN7O3/c1-4-36(5-2)14-7-15-39-28-30-18-23(29)27(33-28)31-20-10-13-24-22(17-20)26(35-34-24)32-25(37)16-19-8-11-21(12-9-19)38-6-3/h8-13,17-18H,4-7,14-16H2,1-3H3,(H,30,31,33)(H2,32,34,35,37). The molecule has 2 aromatic carbocycles. The predicted octanol–water partition coefficient (Wildman–Crippen LogP) is 4.93. The van der Waals surface area contributed by atoms with Crippen molar-refractivity contribution in [1.82, 2.24) is 25.1 Å². The van der Waals surface area contributed by atoms with E-state index in [0.717, 1.165) is 49.1 Å². The molecular weight excluding hydrogens is 501 g/mol. The number of nitrogens with zero attached hydrogens (tertiary/aromatic N) is 4. The summed E-state index contributed by atoms with van der Waals surface area (Å²) >= 11 is 0. The minimum atomic E-state index is -0.610. The molecule has 0 atom stereocenters. The highest BCUT2D eigenvalue weighted by Crippen LogP contribution is 2.27. The number of fused-ring (bicyclic) bond motifs is 1. The summed E-state index contributed by atoms with van der Waals surface area (Å²) in [6.45, 7) is 10.0. The molecule has 0 fully saturated rings. The average Bonchev–Trinajstić information content (AvgIpc) is 3.33. The van der Waals surface area contributed by atoms with Gasteiger partial charge in [0, 0.05) is 17.6 Å².